The molecule has 5 heteroatoms. The number of para-hydroxylation sites is 1. The van der Waals surface area contributed by atoms with E-state index in [4.69, 9.17) is 11.6 Å². The fourth-order valence-electron chi connectivity index (χ4n) is 2.27. The van der Waals surface area contributed by atoms with Gasteiger partial charge in [0.1, 0.15) is 0 Å². The maximum absolute atomic E-state index is 6.46. The molecule has 3 heterocycles. The van der Waals surface area contributed by atoms with Crippen LogP contribution in [0.1, 0.15) is 0 Å². The first kappa shape index (κ1) is 11.4. The second-order valence-corrected chi connectivity index (χ2v) is 4.80. The lowest BCUT2D eigenvalue weighted by molar-refractivity contribution is 0.865. The minimum Gasteiger partial charge on any atom is -0.237 e. The summed E-state index contributed by atoms with van der Waals surface area (Å²) in [6.07, 6.45) is 3.46. The van der Waals surface area contributed by atoms with Crippen LogP contribution in [-0.2, 0) is 0 Å². The lowest BCUT2D eigenvalue weighted by atomic mass is 10.2. The van der Waals surface area contributed by atoms with Crippen LogP contribution in [0.4, 0.5) is 0 Å². The van der Waals surface area contributed by atoms with E-state index in [1.165, 1.54) is 0 Å². The molecule has 0 aliphatic rings. The first-order chi connectivity index (χ1) is 9.84. The Bertz CT molecular complexity index is 915. The third-order valence-corrected chi connectivity index (χ3v) is 3.62. The first-order valence-corrected chi connectivity index (χ1v) is 6.56. The number of nitrogens with zero attached hydrogens (tertiary/aromatic N) is 4. The number of aromatic nitrogens is 4. The van der Waals surface area contributed by atoms with Crippen LogP contribution in [0.25, 0.3) is 27.8 Å². The van der Waals surface area contributed by atoms with Gasteiger partial charge in [0.05, 0.1) is 22.1 Å². The number of rotatable bonds is 1. The maximum atomic E-state index is 6.46. The average molecular weight is 281 g/mol. The Hall–Kier alpha value is -2.46. The number of fused-ring (bicyclic) bond motifs is 2. The van der Waals surface area contributed by atoms with Gasteiger partial charge in [0.25, 0.3) is 0 Å². The van der Waals surface area contributed by atoms with Crippen molar-refractivity contribution in [3.8, 4) is 5.82 Å². The highest BCUT2D eigenvalue weighted by molar-refractivity contribution is 6.40. The summed E-state index contributed by atoms with van der Waals surface area (Å²) in [4.78, 5) is 8.95. The van der Waals surface area contributed by atoms with Crippen molar-refractivity contribution in [1.82, 2.24) is 19.7 Å². The lowest BCUT2D eigenvalue weighted by Crippen LogP contribution is -1.99. The van der Waals surface area contributed by atoms with Crippen molar-refractivity contribution in [2.45, 2.75) is 0 Å². The Kier molecular flexibility index (Phi) is 2.44. The molecule has 4 rings (SSSR count). The van der Waals surface area contributed by atoms with Gasteiger partial charge in [-0.2, -0.15) is 9.78 Å². The van der Waals surface area contributed by atoms with Crippen molar-refractivity contribution < 1.29 is 0 Å². The van der Waals surface area contributed by atoms with Crippen molar-refractivity contribution in [3.63, 3.8) is 0 Å². The molecule has 0 saturated heterocycles. The van der Waals surface area contributed by atoms with Gasteiger partial charge in [0.15, 0.2) is 11.5 Å². The van der Waals surface area contributed by atoms with Crippen LogP contribution in [0.15, 0.2) is 54.9 Å². The normalized spacial score (nSPS) is 11.2. The molecule has 4 nitrogen and oxygen atoms in total. The molecule has 0 unspecified atom stereocenters. The number of hydrogen-bond acceptors (Lipinski definition) is 3. The zero-order chi connectivity index (χ0) is 13.5. The van der Waals surface area contributed by atoms with Crippen molar-refractivity contribution in [2.75, 3.05) is 0 Å². The topological polar surface area (TPSA) is 43.6 Å². The summed E-state index contributed by atoms with van der Waals surface area (Å²) in [6, 6.07) is 13.5. The van der Waals surface area contributed by atoms with Gasteiger partial charge in [-0.3, -0.25) is 0 Å². The lowest BCUT2D eigenvalue weighted by Gasteiger charge is -2.04. The molecule has 20 heavy (non-hydrogen) atoms. The highest BCUT2D eigenvalue weighted by Gasteiger charge is 2.13. The minimum atomic E-state index is 0.674. The number of hydrogen-bond donors (Lipinski definition) is 0. The molecule has 0 amide bonds. The Morgan fingerprint density at radius 3 is 2.65 bits per heavy atom. The average Bonchev–Trinajstić information content (AvgIpc) is 2.92. The van der Waals surface area contributed by atoms with Crippen LogP contribution >= 0.6 is 11.6 Å². The van der Waals surface area contributed by atoms with E-state index in [2.05, 4.69) is 15.1 Å². The van der Waals surface area contributed by atoms with E-state index in [1.54, 1.807) is 17.1 Å². The van der Waals surface area contributed by atoms with E-state index in [1.807, 2.05) is 42.5 Å². The molecule has 1 aromatic carbocycles. The third kappa shape index (κ3) is 1.58. The summed E-state index contributed by atoms with van der Waals surface area (Å²) >= 11 is 6.46. The largest absolute Gasteiger partial charge is 0.237 e. The van der Waals surface area contributed by atoms with Crippen LogP contribution in [0.5, 0.6) is 0 Å². The number of halogens is 1. The van der Waals surface area contributed by atoms with Crippen LogP contribution < -0.4 is 0 Å². The van der Waals surface area contributed by atoms with Gasteiger partial charge in [-0.1, -0.05) is 35.9 Å². The molecular formula is C15H9ClN4. The second-order valence-electron chi connectivity index (χ2n) is 4.42. The monoisotopic (exact) mass is 280 g/mol. The third-order valence-electron chi connectivity index (χ3n) is 3.21. The molecule has 0 fully saturated rings. The predicted octanol–water partition coefficient (Wildman–Crippen LogP) is 3.62. The quantitative estimate of drug-likeness (QED) is 0.535. The van der Waals surface area contributed by atoms with E-state index in [0.717, 1.165) is 22.1 Å². The molecule has 0 aliphatic heterocycles. The highest BCUT2D eigenvalue weighted by Crippen LogP contribution is 2.30. The molecule has 0 aliphatic carbocycles. The van der Waals surface area contributed by atoms with Gasteiger partial charge >= 0.3 is 0 Å². The smallest absolute Gasteiger partial charge is 0.166 e. The van der Waals surface area contributed by atoms with Crippen LogP contribution in [0, 0.1) is 0 Å². The zero-order valence-corrected chi connectivity index (χ0v) is 11.1. The summed E-state index contributed by atoms with van der Waals surface area (Å²) in [5, 5.41) is 6.79. The molecule has 96 valence electrons. The molecule has 0 N–H and O–H groups in total. The Labute approximate surface area is 119 Å². The zero-order valence-electron chi connectivity index (χ0n) is 10.4. The summed E-state index contributed by atoms with van der Waals surface area (Å²) < 4.78 is 1.70. The van der Waals surface area contributed by atoms with Crippen LogP contribution in [0.3, 0.4) is 0 Å². The van der Waals surface area contributed by atoms with Gasteiger partial charge in [0, 0.05) is 11.6 Å². The van der Waals surface area contributed by atoms with E-state index < -0.39 is 0 Å². The Balaban J connectivity index is 2.11. The Morgan fingerprint density at radius 1 is 0.950 bits per heavy atom. The van der Waals surface area contributed by atoms with Gasteiger partial charge in [-0.15, -0.1) is 0 Å². The highest BCUT2D eigenvalue weighted by atomic mass is 35.5. The van der Waals surface area contributed by atoms with Crippen molar-refractivity contribution in [2.24, 2.45) is 0 Å². The summed E-state index contributed by atoms with van der Waals surface area (Å²) in [7, 11) is 0. The molecule has 3 aromatic heterocycles. The molecule has 4 aromatic rings. The molecule has 0 atom stereocenters. The minimum absolute atomic E-state index is 0.674. The van der Waals surface area contributed by atoms with Gasteiger partial charge in [-0.25, -0.2) is 9.97 Å². The first-order valence-electron chi connectivity index (χ1n) is 6.18. The van der Waals surface area contributed by atoms with Crippen LogP contribution in [-0.4, -0.2) is 19.7 Å². The summed E-state index contributed by atoms with van der Waals surface area (Å²) in [5.41, 5.74) is 1.56. The van der Waals surface area contributed by atoms with E-state index in [9.17, 15) is 0 Å². The van der Waals surface area contributed by atoms with E-state index >= 15 is 0 Å². The number of pyridine rings is 2. The van der Waals surface area contributed by atoms with Crippen LogP contribution in [0.2, 0.25) is 5.02 Å². The fourth-order valence-corrected chi connectivity index (χ4v) is 2.56. The number of benzene rings is 1. The molecule has 0 bridgehead atoms. The summed E-state index contributed by atoms with van der Waals surface area (Å²) in [6.45, 7) is 0. The SMILES string of the molecule is Clc1c2ccccc2nc2c1cnn2-c1ccccn1. The molecule has 0 saturated carbocycles. The second kappa shape index (κ2) is 4.28. The van der Waals surface area contributed by atoms with Crippen molar-refractivity contribution in [3.05, 3.63) is 59.9 Å². The predicted molar refractivity (Wildman–Crippen MR) is 79.2 cm³/mol. The molecular weight excluding hydrogens is 272 g/mol. The summed E-state index contributed by atoms with van der Waals surface area (Å²) in [5.74, 6) is 0.723. The van der Waals surface area contributed by atoms with Crippen molar-refractivity contribution in [1.29, 1.82) is 0 Å². The fraction of sp³-hybridized carbons (Fsp3) is 0. The van der Waals surface area contributed by atoms with Gasteiger partial charge in [0.2, 0.25) is 0 Å². The van der Waals surface area contributed by atoms with Gasteiger partial charge in [-0.05, 0) is 18.2 Å². The molecule has 0 spiro atoms. The maximum Gasteiger partial charge on any atom is 0.166 e. The molecule has 0 radical (unpaired) electrons. The standard InChI is InChI=1S/C15H9ClN4/c16-14-10-5-1-2-6-12(10)19-15-11(14)9-18-20(15)13-7-3-4-8-17-13/h1-9H. The van der Waals surface area contributed by atoms with Gasteiger partial charge < -0.3 is 0 Å². The Morgan fingerprint density at radius 2 is 1.80 bits per heavy atom. The van der Waals surface area contributed by atoms with E-state index in [-0.39, 0.29) is 0 Å². The van der Waals surface area contributed by atoms with E-state index in [0.29, 0.717) is 10.7 Å². The van der Waals surface area contributed by atoms with Crippen molar-refractivity contribution >= 4 is 33.5 Å².